The standard InChI is InChI=1S/C12H19N3O3S/c1-3-6-9(13)12(16)14-10-7-4-5-8-11(10)15-19(2,17)18/h4-5,7-9,15H,3,6,13H2,1-2H3,(H,14,16). The van der Waals surface area contributed by atoms with Gasteiger partial charge in [-0.2, -0.15) is 0 Å². The maximum Gasteiger partial charge on any atom is 0.241 e. The van der Waals surface area contributed by atoms with E-state index in [-0.39, 0.29) is 5.91 Å². The molecule has 1 aromatic rings. The van der Waals surface area contributed by atoms with Gasteiger partial charge in [0.25, 0.3) is 0 Å². The van der Waals surface area contributed by atoms with Crippen LogP contribution in [0.3, 0.4) is 0 Å². The van der Waals surface area contributed by atoms with Gasteiger partial charge >= 0.3 is 0 Å². The van der Waals surface area contributed by atoms with Crippen LogP contribution < -0.4 is 15.8 Å². The monoisotopic (exact) mass is 285 g/mol. The van der Waals surface area contributed by atoms with Gasteiger partial charge in [0, 0.05) is 0 Å². The molecule has 6 nitrogen and oxygen atoms in total. The number of hydrogen-bond acceptors (Lipinski definition) is 4. The Hall–Kier alpha value is -1.60. The molecule has 0 bridgehead atoms. The zero-order valence-corrected chi connectivity index (χ0v) is 11.8. The van der Waals surface area contributed by atoms with Gasteiger partial charge < -0.3 is 11.1 Å². The molecule has 0 spiro atoms. The van der Waals surface area contributed by atoms with Crippen LogP contribution in [0.15, 0.2) is 24.3 Å². The van der Waals surface area contributed by atoms with Gasteiger partial charge in [0.1, 0.15) is 0 Å². The number of carbonyl (C=O) groups is 1. The molecule has 0 radical (unpaired) electrons. The molecule has 1 rings (SSSR count). The number of amides is 1. The van der Waals surface area contributed by atoms with Gasteiger partial charge in [-0.3, -0.25) is 9.52 Å². The Morgan fingerprint density at radius 3 is 2.42 bits per heavy atom. The van der Waals surface area contributed by atoms with E-state index in [1.54, 1.807) is 24.3 Å². The third kappa shape index (κ3) is 5.27. The Morgan fingerprint density at radius 1 is 1.32 bits per heavy atom. The van der Waals surface area contributed by atoms with Crippen LogP contribution in [0.2, 0.25) is 0 Å². The first kappa shape index (κ1) is 15.5. The van der Waals surface area contributed by atoms with Crippen LogP contribution in [0, 0.1) is 0 Å². The average molecular weight is 285 g/mol. The molecule has 1 aromatic carbocycles. The topological polar surface area (TPSA) is 101 Å². The van der Waals surface area contributed by atoms with Gasteiger partial charge in [-0.1, -0.05) is 25.5 Å². The Bertz CT molecular complexity index is 543. The van der Waals surface area contributed by atoms with E-state index in [0.717, 1.165) is 12.7 Å². The molecular formula is C12H19N3O3S. The molecule has 0 aliphatic heterocycles. The molecule has 106 valence electrons. The van der Waals surface area contributed by atoms with Gasteiger partial charge in [-0.15, -0.1) is 0 Å². The van der Waals surface area contributed by atoms with Crippen molar-refractivity contribution in [3.63, 3.8) is 0 Å². The minimum atomic E-state index is -3.40. The third-order valence-electron chi connectivity index (χ3n) is 2.42. The molecule has 0 aromatic heterocycles. The largest absolute Gasteiger partial charge is 0.323 e. The molecule has 0 aliphatic rings. The SMILES string of the molecule is CCCC(N)C(=O)Nc1ccccc1NS(C)(=O)=O. The Morgan fingerprint density at radius 2 is 1.89 bits per heavy atom. The molecule has 0 saturated heterocycles. The summed E-state index contributed by atoms with van der Waals surface area (Å²) in [7, 11) is -3.40. The fraction of sp³-hybridized carbons (Fsp3) is 0.417. The number of nitrogens with two attached hydrogens (primary N) is 1. The van der Waals surface area contributed by atoms with Crippen molar-refractivity contribution in [2.75, 3.05) is 16.3 Å². The molecule has 1 unspecified atom stereocenters. The lowest BCUT2D eigenvalue weighted by Crippen LogP contribution is -2.35. The second kappa shape index (κ2) is 6.53. The third-order valence-corrected chi connectivity index (χ3v) is 3.01. The van der Waals surface area contributed by atoms with Gasteiger partial charge in [0.15, 0.2) is 0 Å². The van der Waals surface area contributed by atoms with Gasteiger partial charge in [0.2, 0.25) is 15.9 Å². The highest BCUT2D eigenvalue weighted by molar-refractivity contribution is 7.92. The second-order valence-electron chi connectivity index (χ2n) is 4.30. The van der Waals surface area contributed by atoms with Crippen molar-refractivity contribution >= 4 is 27.3 Å². The number of para-hydroxylation sites is 2. The van der Waals surface area contributed by atoms with E-state index in [4.69, 9.17) is 5.73 Å². The predicted octanol–water partition coefficient (Wildman–Crippen LogP) is 1.12. The van der Waals surface area contributed by atoms with E-state index in [1.165, 1.54) is 0 Å². The molecule has 0 heterocycles. The zero-order chi connectivity index (χ0) is 14.5. The summed E-state index contributed by atoms with van der Waals surface area (Å²) in [4.78, 5) is 11.8. The first-order valence-corrected chi connectivity index (χ1v) is 7.86. The summed E-state index contributed by atoms with van der Waals surface area (Å²) >= 11 is 0. The molecule has 1 amide bonds. The van der Waals surface area contributed by atoms with Crippen LogP contribution in [-0.4, -0.2) is 26.6 Å². The number of hydrogen-bond donors (Lipinski definition) is 3. The number of carbonyl (C=O) groups excluding carboxylic acids is 1. The van der Waals surface area contributed by atoms with Crippen LogP contribution in [0.25, 0.3) is 0 Å². The molecular weight excluding hydrogens is 266 g/mol. The highest BCUT2D eigenvalue weighted by Gasteiger charge is 2.14. The molecule has 0 saturated carbocycles. The number of anilines is 2. The van der Waals surface area contributed by atoms with Gasteiger partial charge in [0.05, 0.1) is 23.7 Å². The number of rotatable bonds is 6. The van der Waals surface area contributed by atoms with Crippen molar-refractivity contribution in [3.8, 4) is 0 Å². The van der Waals surface area contributed by atoms with Crippen LogP contribution in [0.5, 0.6) is 0 Å². The lowest BCUT2D eigenvalue weighted by atomic mass is 10.1. The normalized spacial score (nSPS) is 12.8. The highest BCUT2D eigenvalue weighted by Crippen LogP contribution is 2.22. The Labute approximate surface area is 113 Å². The summed E-state index contributed by atoms with van der Waals surface area (Å²) in [6.07, 6.45) is 2.43. The zero-order valence-electron chi connectivity index (χ0n) is 11.0. The van der Waals surface area contributed by atoms with E-state index < -0.39 is 16.1 Å². The summed E-state index contributed by atoms with van der Waals surface area (Å²) in [5.41, 5.74) is 6.42. The fourth-order valence-corrected chi connectivity index (χ4v) is 2.13. The lowest BCUT2D eigenvalue weighted by molar-refractivity contribution is -0.117. The van der Waals surface area contributed by atoms with Crippen molar-refractivity contribution < 1.29 is 13.2 Å². The molecule has 7 heteroatoms. The summed E-state index contributed by atoms with van der Waals surface area (Å²) in [6.45, 7) is 1.94. The molecule has 0 fully saturated rings. The molecule has 19 heavy (non-hydrogen) atoms. The van der Waals surface area contributed by atoms with Crippen LogP contribution in [0.4, 0.5) is 11.4 Å². The number of nitrogens with one attached hydrogen (secondary N) is 2. The molecule has 4 N–H and O–H groups in total. The van der Waals surface area contributed by atoms with Gasteiger partial charge in [-0.05, 0) is 18.6 Å². The maximum absolute atomic E-state index is 11.8. The first-order chi connectivity index (χ1) is 8.83. The van der Waals surface area contributed by atoms with E-state index >= 15 is 0 Å². The lowest BCUT2D eigenvalue weighted by Gasteiger charge is -2.14. The van der Waals surface area contributed by atoms with Crippen LogP contribution in [-0.2, 0) is 14.8 Å². The van der Waals surface area contributed by atoms with E-state index in [0.29, 0.717) is 17.8 Å². The molecule has 0 aliphatic carbocycles. The smallest absolute Gasteiger partial charge is 0.241 e. The Kier molecular flexibility index (Phi) is 5.31. The summed E-state index contributed by atoms with van der Waals surface area (Å²) in [6, 6.07) is 5.96. The fourth-order valence-electron chi connectivity index (χ4n) is 1.55. The quantitative estimate of drug-likeness (QED) is 0.729. The van der Waals surface area contributed by atoms with E-state index in [1.807, 2.05) is 6.92 Å². The summed E-state index contributed by atoms with van der Waals surface area (Å²) < 4.78 is 24.8. The summed E-state index contributed by atoms with van der Waals surface area (Å²) in [5, 5.41) is 2.63. The number of sulfonamides is 1. The van der Waals surface area contributed by atoms with E-state index in [2.05, 4.69) is 10.0 Å². The van der Waals surface area contributed by atoms with Crippen molar-refractivity contribution in [1.29, 1.82) is 0 Å². The van der Waals surface area contributed by atoms with Crippen LogP contribution >= 0.6 is 0 Å². The maximum atomic E-state index is 11.8. The van der Waals surface area contributed by atoms with E-state index in [9.17, 15) is 13.2 Å². The van der Waals surface area contributed by atoms with Crippen LogP contribution in [0.1, 0.15) is 19.8 Å². The van der Waals surface area contributed by atoms with Crippen molar-refractivity contribution in [2.24, 2.45) is 5.73 Å². The van der Waals surface area contributed by atoms with Crippen molar-refractivity contribution in [3.05, 3.63) is 24.3 Å². The second-order valence-corrected chi connectivity index (χ2v) is 6.05. The minimum Gasteiger partial charge on any atom is -0.323 e. The van der Waals surface area contributed by atoms with Gasteiger partial charge in [-0.25, -0.2) is 8.42 Å². The predicted molar refractivity (Wildman–Crippen MR) is 76.4 cm³/mol. The van der Waals surface area contributed by atoms with Crippen molar-refractivity contribution in [1.82, 2.24) is 0 Å². The highest BCUT2D eigenvalue weighted by atomic mass is 32.2. The minimum absolute atomic E-state index is 0.321. The molecule has 1 atom stereocenters. The first-order valence-electron chi connectivity index (χ1n) is 5.96. The summed E-state index contributed by atoms with van der Waals surface area (Å²) in [5.74, 6) is -0.329. The number of benzene rings is 1. The average Bonchev–Trinajstić information content (AvgIpc) is 2.30. The Balaban J connectivity index is 2.86. The van der Waals surface area contributed by atoms with Crippen molar-refractivity contribution in [2.45, 2.75) is 25.8 Å².